The molecule has 0 saturated carbocycles. The van der Waals surface area contributed by atoms with E-state index >= 15 is 0 Å². The van der Waals surface area contributed by atoms with Crippen LogP contribution in [0.4, 0.5) is 0 Å². The molecule has 0 aromatic carbocycles. The van der Waals surface area contributed by atoms with Gasteiger partial charge in [-0.2, -0.15) is 0 Å². The summed E-state index contributed by atoms with van der Waals surface area (Å²) in [6, 6.07) is 0. The molecule has 0 saturated heterocycles. The number of carbonyl (C=O) groups excluding carboxylic acids is 1. The van der Waals surface area contributed by atoms with Gasteiger partial charge in [-0.15, -0.1) is 6.58 Å². The van der Waals surface area contributed by atoms with Gasteiger partial charge in [0.1, 0.15) is 6.61 Å². The van der Waals surface area contributed by atoms with Crippen molar-refractivity contribution >= 4 is 23.2 Å². The molecule has 4 N–H and O–H groups in total. The zero-order chi connectivity index (χ0) is 11.0. The number of hydrogen-bond donors (Lipinski definition) is 2. The van der Waals surface area contributed by atoms with Gasteiger partial charge in [-0.1, -0.05) is 6.08 Å². The number of rotatable bonds is 7. The average Bonchev–Trinajstić information content (AvgIpc) is 2.11. The number of carbonyl (C=O) groups is 1. The maximum Gasteiger partial charge on any atom is 0.331 e. The van der Waals surface area contributed by atoms with Gasteiger partial charge < -0.3 is 15.0 Å². The van der Waals surface area contributed by atoms with Crippen molar-refractivity contribution < 1.29 is 18.6 Å². The SMILES string of the molecule is C=CCOP(N)(=O)SC(=O)COCN. The van der Waals surface area contributed by atoms with Crippen molar-refractivity contribution in [1.82, 2.24) is 0 Å². The van der Waals surface area contributed by atoms with Crippen molar-refractivity contribution in [1.29, 1.82) is 0 Å². The third-order valence-electron chi connectivity index (χ3n) is 0.939. The number of hydrogen-bond acceptors (Lipinski definition) is 6. The van der Waals surface area contributed by atoms with Crippen molar-refractivity contribution in [2.75, 3.05) is 19.9 Å². The van der Waals surface area contributed by atoms with Gasteiger partial charge in [0.2, 0.25) is 5.12 Å². The van der Waals surface area contributed by atoms with Crippen molar-refractivity contribution in [3.63, 3.8) is 0 Å². The molecule has 8 heteroatoms. The summed E-state index contributed by atoms with van der Waals surface area (Å²) in [4.78, 5) is 11.0. The van der Waals surface area contributed by atoms with E-state index in [4.69, 9.17) is 15.8 Å². The molecule has 1 atom stereocenters. The normalized spacial score (nSPS) is 14.7. The lowest BCUT2D eigenvalue weighted by molar-refractivity contribution is -0.114. The van der Waals surface area contributed by atoms with Gasteiger partial charge >= 0.3 is 6.72 Å². The second-order valence-corrected chi connectivity index (χ2v) is 6.15. The van der Waals surface area contributed by atoms with Gasteiger partial charge in [0.25, 0.3) is 0 Å². The second-order valence-electron chi connectivity index (χ2n) is 2.10. The van der Waals surface area contributed by atoms with Crippen molar-refractivity contribution in [3.05, 3.63) is 12.7 Å². The highest BCUT2D eigenvalue weighted by Gasteiger charge is 2.22. The lowest BCUT2D eigenvalue weighted by Gasteiger charge is -2.09. The first-order valence-electron chi connectivity index (χ1n) is 3.66. The third-order valence-corrected chi connectivity index (χ3v) is 3.71. The van der Waals surface area contributed by atoms with Gasteiger partial charge in [-0.05, 0) is 0 Å². The highest BCUT2D eigenvalue weighted by molar-refractivity contribution is 8.63. The van der Waals surface area contributed by atoms with Crippen molar-refractivity contribution in [3.8, 4) is 0 Å². The Morgan fingerprint density at radius 2 is 2.29 bits per heavy atom. The summed E-state index contributed by atoms with van der Waals surface area (Å²) in [6.45, 7) is -0.352. The molecule has 0 aliphatic rings. The maximum atomic E-state index is 11.3. The fourth-order valence-corrected chi connectivity index (χ4v) is 2.63. The smallest absolute Gasteiger partial charge is 0.331 e. The van der Waals surface area contributed by atoms with E-state index in [2.05, 4.69) is 11.3 Å². The van der Waals surface area contributed by atoms with Crippen LogP contribution in [0.3, 0.4) is 0 Å². The van der Waals surface area contributed by atoms with E-state index in [0.717, 1.165) is 0 Å². The highest BCUT2D eigenvalue weighted by Crippen LogP contribution is 2.52. The Labute approximate surface area is 86.2 Å². The molecule has 0 fully saturated rings. The fourth-order valence-electron chi connectivity index (χ4n) is 0.493. The predicted octanol–water partition coefficient (Wildman–Crippen LogP) is 0.448. The second kappa shape index (κ2) is 7.17. The standard InChI is InChI=1S/C6H13N2O4PS/c1-2-3-12-13(8,10)14-6(9)4-11-5-7/h2H,1,3-5,7H2,(H2,8,10). The number of ether oxygens (including phenoxy) is 1. The molecule has 6 nitrogen and oxygen atoms in total. The summed E-state index contributed by atoms with van der Waals surface area (Å²) in [5, 5.41) is -0.481. The minimum absolute atomic E-state index is 0.0335. The molecule has 0 spiro atoms. The monoisotopic (exact) mass is 240 g/mol. The molecule has 82 valence electrons. The van der Waals surface area contributed by atoms with Crippen LogP contribution in [0.15, 0.2) is 12.7 Å². The van der Waals surface area contributed by atoms with E-state index in [-0.39, 0.29) is 19.9 Å². The summed E-state index contributed by atoms with van der Waals surface area (Å²) in [6.07, 6.45) is 1.39. The average molecular weight is 240 g/mol. The summed E-state index contributed by atoms with van der Waals surface area (Å²) in [5.41, 5.74) is 10.2. The fraction of sp³-hybridized carbons (Fsp3) is 0.500. The van der Waals surface area contributed by atoms with Gasteiger partial charge in [-0.25, -0.2) is 0 Å². The molecule has 0 aliphatic carbocycles. The largest absolute Gasteiger partial charge is 0.358 e. The molecule has 0 bridgehead atoms. The zero-order valence-corrected chi connectivity index (χ0v) is 9.26. The number of nitrogens with two attached hydrogens (primary N) is 2. The summed E-state index contributed by atoms with van der Waals surface area (Å²) in [5.74, 6) is 0. The predicted molar refractivity (Wildman–Crippen MR) is 55.5 cm³/mol. The molecule has 0 amide bonds. The summed E-state index contributed by atoms with van der Waals surface area (Å²) in [7, 11) is 0. The Bertz CT molecular complexity index is 248. The maximum absolute atomic E-state index is 11.3. The van der Waals surface area contributed by atoms with Crippen LogP contribution in [0.1, 0.15) is 0 Å². The highest BCUT2D eigenvalue weighted by atomic mass is 32.7. The van der Waals surface area contributed by atoms with Crippen LogP contribution >= 0.6 is 18.1 Å². The van der Waals surface area contributed by atoms with Gasteiger partial charge in [0.15, 0.2) is 0 Å². The molecule has 0 heterocycles. The molecule has 0 radical (unpaired) electrons. The Morgan fingerprint density at radius 1 is 1.64 bits per heavy atom. The topological polar surface area (TPSA) is 105 Å². The zero-order valence-electron chi connectivity index (χ0n) is 7.55. The van der Waals surface area contributed by atoms with E-state index in [1.165, 1.54) is 6.08 Å². The first-order valence-corrected chi connectivity index (χ1v) is 6.77. The lowest BCUT2D eigenvalue weighted by atomic mass is 10.7. The molecule has 14 heavy (non-hydrogen) atoms. The van der Waals surface area contributed by atoms with Crippen molar-refractivity contribution in [2.45, 2.75) is 0 Å². The minimum Gasteiger partial charge on any atom is -0.358 e. The van der Waals surface area contributed by atoms with Gasteiger partial charge in [0.05, 0.1) is 13.3 Å². The molecular formula is C6H13N2O4PS. The van der Waals surface area contributed by atoms with Crippen LogP contribution < -0.4 is 11.2 Å². The van der Waals surface area contributed by atoms with Crippen LogP contribution in [0, 0.1) is 0 Å². The Morgan fingerprint density at radius 3 is 2.79 bits per heavy atom. The van der Waals surface area contributed by atoms with E-state index in [0.29, 0.717) is 11.4 Å². The van der Waals surface area contributed by atoms with Crippen LogP contribution in [-0.2, 0) is 18.6 Å². The lowest BCUT2D eigenvalue weighted by Crippen LogP contribution is -2.12. The van der Waals surface area contributed by atoms with E-state index in [9.17, 15) is 9.36 Å². The van der Waals surface area contributed by atoms with E-state index in [1.54, 1.807) is 0 Å². The first kappa shape index (κ1) is 13.8. The van der Waals surface area contributed by atoms with Gasteiger partial charge in [0, 0.05) is 11.4 Å². The Balaban J connectivity index is 3.88. The van der Waals surface area contributed by atoms with Crippen LogP contribution in [0.5, 0.6) is 0 Å². The molecular weight excluding hydrogens is 227 g/mol. The summed E-state index contributed by atoms with van der Waals surface area (Å²) < 4.78 is 20.6. The molecule has 0 aromatic rings. The molecule has 0 aromatic heterocycles. The summed E-state index contributed by atoms with van der Waals surface area (Å²) >= 11 is 0.426. The minimum atomic E-state index is -3.43. The molecule has 0 rings (SSSR count). The third kappa shape index (κ3) is 7.25. The quantitative estimate of drug-likeness (QED) is 0.378. The van der Waals surface area contributed by atoms with Crippen LogP contribution in [0.2, 0.25) is 0 Å². The molecule has 0 aliphatic heterocycles. The van der Waals surface area contributed by atoms with Crippen LogP contribution in [0.25, 0.3) is 0 Å². The van der Waals surface area contributed by atoms with E-state index in [1.807, 2.05) is 0 Å². The molecule has 1 unspecified atom stereocenters. The van der Waals surface area contributed by atoms with Crippen LogP contribution in [-0.4, -0.2) is 25.1 Å². The Hall–Kier alpha value is -0.170. The first-order chi connectivity index (χ1) is 6.52. The van der Waals surface area contributed by atoms with Crippen molar-refractivity contribution in [2.24, 2.45) is 11.2 Å². The van der Waals surface area contributed by atoms with E-state index < -0.39 is 11.8 Å². The Kier molecular flexibility index (Phi) is 7.08. The van der Waals surface area contributed by atoms with Gasteiger partial charge in [-0.3, -0.25) is 14.9 Å².